The minimum absolute atomic E-state index is 0.0457. The second-order valence-electron chi connectivity index (χ2n) is 9.52. The van der Waals surface area contributed by atoms with Crippen LogP contribution in [-0.2, 0) is 14.3 Å². The number of ether oxygens (including phenoxy) is 1. The van der Waals surface area contributed by atoms with E-state index in [4.69, 9.17) is 10.6 Å². The van der Waals surface area contributed by atoms with Crippen molar-refractivity contribution in [3.63, 3.8) is 0 Å². The lowest BCUT2D eigenvalue weighted by Gasteiger charge is -2.18. The molecule has 1 unspecified atom stereocenters. The van der Waals surface area contributed by atoms with Crippen molar-refractivity contribution < 1.29 is 14.3 Å². The molecule has 0 spiro atoms. The third-order valence-electron chi connectivity index (χ3n) is 6.99. The van der Waals surface area contributed by atoms with Crippen LogP contribution in [0.2, 0.25) is 0 Å². The number of thioether (sulfide) groups is 1. The number of ketones is 1. The highest BCUT2D eigenvalue weighted by Gasteiger charge is 2.40. The zero-order valence-corrected chi connectivity index (χ0v) is 22.4. The van der Waals surface area contributed by atoms with Crippen molar-refractivity contribution in [3.05, 3.63) is 48.0 Å². The number of carbonyl (C=O) groups excluding carboxylic acids is 2. The highest BCUT2D eigenvalue weighted by molar-refractivity contribution is 7.99. The molecule has 1 fully saturated rings. The maximum Gasteiger partial charge on any atom is 0.330 e. The molecule has 1 saturated carbocycles. The molecule has 35 heavy (non-hydrogen) atoms. The molecular formula is C29H44N2O3S. The van der Waals surface area contributed by atoms with Crippen molar-refractivity contribution in [1.82, 2.24) is 0 Å². The van der Waals surface area contributed by atoms with Gasteiger partial charge in [0, 0.05) is 17.6 Å². The van der Waals surface area contributed by atoms with Gasteiger partial charge in [-0.15, -0.1) is 0 Å². The monoisotopic (exact) mass is 500 g/mol. The summed E-state index contributed by atoms with van der Waals surface area (Å²) in [7, 11) is 0. The van der Waals surface area contributed by atoms with E-state index in [0.29, 0.717) is 17.4 Å². The van der Waals surface area contributed by atoms with Crippen LogP contribution in [0.15, 0.2) is 47.6 Å². The summed E-state index contributed by atoms with van der Waals surface area (Å²) in [6, 6.07) is 9.44. The molecule has 0 aliphatic heterocycles. The SMILES string of the molecule is CCCCCCCC[C@H]1CC(SC)C(=O)[C@@H]1CCCCC=CC(=O)OCC(=NN)c1ccccc1. The molecule has 0 bridgehead atoms. The van der Waals surface area contributed by atoms with Crippen molar-refractivity contribution in [2.75, 3.05) is 12.9 Å². The molecule has 2 N–H and O–H groups in total. The maximum atomic E-state index is 12.9. The smallest absolute Gasteiger partial charge is 0.330 e. The van der Waals surface area contributed by atoms with Gasteiger partial charge in [-0.3, -0.25) is 4.79 Å². The Morgan fingerprint density at radius 2 is 1.80 bits per heavy atom. The molecular weight excluding hydrogens is 456 g/mol. The summed E-state index contributed by atoms with van der Waals surface area (Å²) in [5, 5.41) is 3.93. The topological polar surface area (TPSA) is 81.8 Å². The van der Waals surface area contributed by atoms with Gasteiger partial charge in [-0.2, -0.15) is 16.9 Å². The largest absolute Gasteiger partial charge is 0.456 e. The first-order chi connectivity index (χ1) is 17.1. The normalized spacial score (nSPS) is 20.6. The maximum absolute atomic E-state index is 12.9. The fourth-order valence-corrected chi connectivity index (χ4v) is 5.79. The zero-order chi connectivity index (χ0) is 25.3. The Morgan fingerprint density at radius 1 is 1.09 bits per heavy atom. The van der Waals surface area contributed by atoms with Crippen molar-refractivity contribution in [2.45, 2.75) is 89.2 Å². The third-order valence-corrected chi connectivity index (χ3v) is 7.98. The van der Waals surface area contributed by atoms with Crippen LogP contribution in [0.4, 0.5) is 0 Å². The lowest BCUT2D eigenvalue weighted by atomic mass is 9.86. The Hall–Kier alpha value is -2.08. The molecule has 0 aromatic heterocycles. The third kappa shape index (κ3) is 10.6. The summed E-state index contributed by atoms with van der Waals surface area (Å²) in [6.45, 7) is 2.29. The predicted octanol–water partition coefficient (Wildman–Crippen LogP) is 6.70. The summed E-state index contributed by atoms with van der Waals surface area (Å²) in [5.41, 5.74) is 1.37. The van der Waals surface area contributed by atoms with E-state index in [0.717, 1.165) is 37.7 Å². The standard InChI is InChI=1S/C29H44N2O3S/c1-3-4-5-6-7-11-18-24-21-27(35-2)29(33)25(24)19-14-8-9-15-20-28(32)34-22-26(31-30)23-16-12-10-13-17-23/h10,12-13,15-17,20,24-25,27H,3-9,11,14,18-19,21-22,30H2,1-2H3/t24-,25+,27?/m0/s1. The minimum Gasteiger partial charge on any atom is -0.456 e. The lowest BCUT2D eigenvalue weighted by Crippen LogP contribution is -2.18. The molecule has 0 amide bonds. The Balaban J connectivity index is 1.66. The average Bonchev–Trinajstić information content (AvgIpc) is 3.18. The van der Waals surface area contributed by atoms with Crippen LogP contribution in [0.1, 0.15) is 89.5 Å². The molecule has 1 aromatic rings. The van der Waals surface area contributed by atoms with E-state index in [1.807, 2.05) is 36.4 Å². The van der Waals surface area contributed by atoms with Gasteiger partial charge in [0.05, 0.1) is 5.25 Å². The van der Waals surface area contributed by atoms with Crippen LogP contribution in [0.25, 0.3) is 0 Å². The number of benzene rings is 1. The molecule has 6 heteroatoms. The second kappa shape index (κ2) is 17.4. The quantitative estimate of drug-likeness (QED) is 0.0643. The molecule has 1 aliphatic carbocycles. The molecule has 3 atom stereocenters. The fourth-order valence-electron chi connectivity index (χ4n) is 4.94. The number of hydrazone groups is 1. The van der Waals surface area contributed by atoms with Crippen LogP contribution in [0, 0.1) is 11.8 Å². The predicted molar refractivity (Wildman–Crippen MR) is 148 cm³/mol. The van der Waals surface area contributed by atoms with Gasteiger partial charge < -0.3 is 10.6 Å². The molecule has 0 saturated heterocycles. The number of Topliss-reactive ketones (excluding diaryl/α,β-unsaturated/α-hetero) is 1. The number of hydrogen-bond acceptors (Lipinski definition) is 6. The van der Waals surface area contributed by atoms with Crippen molar-refractivity contribution in [1.29, 1.82) is 0 Å². The molecule has 5 nitrogen and oxygen atoms in total. The average molecular weight is 501 g/mol. The molecule has 1 aromatic carbocycles. The van der Waals surface area contributed by atoms with Gasteiger partial charge >= 0.3 is 5.97 Å². The van der Waals surface area contributed by atoms with Crippen molar-refractivity contribution in [3.8, 4) is 0 Å². The Bertz CT molecular complexity index is 809. The summed E-state index contributed by atoms with van der Waals surface area (Å²) in [5.74, 6) is 6.30. The van der Waals surface area contributed by atoms with Crippen LogP contribution in [-0.4, -0.2) is 35.6 Å². The number of nitrogens with two attached hydrogens (primary N) is 1. The molecule has 194 valence electrons. The molecule has 0 radical (unpaired) electrons. The lowest BCUT2D eigenvalue weighted by molar-refractivity contribution is -0.136. The van der Waals surface area contributed by atoms with E-state index in [-0.39, 0.29) is 17.8 Å². The number of rotatable bonds is 17. The van der Waals surface area contributed by atoms with Gasteiger partial charge in [0.15, 0.2) is 0 Å². The summed E-state index contributed by atoms with van der Waals surface area (Å²) < 4.78 is 5.27. The summed E-state index contributed by atoms with van der Waals surface area (Å²) in [4.78, 5) is 24.9. The number of nitrogens with zero attached hydrogens (tertiary/aromatic N) is 1. The summed E-state index contributed by atoms with van der Waals surface area (Å²) >= 11 is 1.73. The van der Waals surface area contributed by atoms with Crippen LogP contribution >= 0.6 is 11.8 Å². The van der Waals surface area contributed by atoms with Crippen LogP contribution in [0.5, 0.6) is 0 Å². The Labute approximate surface area is 216 Å². The van der Waals surface area contributed by atoms with E-state index < -0.39 is 5.97 Å². The van der Waals surface area contributed by atoms with E-state index in [1.165, 1.54) is 51.0 Å². The Kier molecular flexibility index (Phi) is 14.5. The highest BCUT2D eigenvalue weighted by atomic mass is 32.2. The molecule has 1 aliphatic rings. The first kappa shape index (κ1) is 29.2. The first-order valence-electron chi connectivity index (χ1n) is 13.3. The number of carbonyl (C=O) groups is 2. The molecule has 2 rings (SSSR count). The van der Waals surface area contributed by atoms with Gasteiger partial charge in [0.1, 0.15) is 18.1 Å². The van der Waals surface area contributed by atoms with Crippen molar-refractivity contribution >= 4 is 29.2 Å². The molecule has 0 heterocycles. The van der Waals surface area contributed by atoms with Gasteiger partial charge in [0.2, 0.25) is 0 Å². The number of unbranched alkanes of at least 4 members (excludes halogenated alkanes) is 7. The van der Waals surface area contributed by atoms with E-state index in [1.54, 1.807) is 11.8 Å². The van der Waals surface area contributed by atoms with Crippen LogP contribution in [0.3, 0.4) is 0 Å². The summed E-state index contributed by atoms with van der Waals surface area (Å²) in [6.07, 6.45) is 19.3. The Morgan fingerprint density at radius 3 is 2.51 bits per heavy atom. The fraction of sp³-hybridized carbons (Fsp3) is 0.621. The van der Waals surface area contributed by atoms with E-state index in [2.05, 4.69) is 18.3 Å². The first-order valence-corrected chi connectivity index (χ1v) is 14.6. The number of allylic oxidation sites excluding steroid dienone is 1. The highest BCUT2D eigenvalue weighted by Crippen LogP contribution is 2.40. The van der Waals surface area contributed by atoms with Crippen LogP contribution < -0.4 is 5.84 Å². The number of hydrogen-bond donors (Lipinski definition) is 1. The van der Waals surface area contributed by atoms with Gasteiger partial charge in [0.25, 0.3) is 0 Å². The van der Waals surface area contributed by atoms with Gasteiger partial charge in [-0.05, 0) is 44.3 Å². The van der Waals surface area contributed by atoms with E-state index in [9.17, 15) is 9.59 Å². The van der Waals surface area contributed by atoms with E-state index >= 15 is 0 Å². The minimum atomic E-state index is -0.394. The van der Waals surface area contributed by atoms with Crippen molar-refractivity contribution in [2.24, 2.45) is 22.8 Å². The zero-order valence-electron chi connectivity index (χ0n) is 21.6. The number of esters is 1. The van der Waals surface area contributed by atoms with Gasteiger partial charge in [-0.1, -0.05) is 88.3 Å². The van der Waals surface area contributed by atoms with Gasteiger partial charge in [-0.25, -0.2) is 4.79 Å². The second-order valence-corrected chi connectivity index (χ2v) is 10.6.